The fourth-order valence-electron chi connectivity index (χ4n) is 4.12. The summed E-state index contributed by atoms with van der Waals surface area (Å²) in [5.74, 6) is -0.0417. The first-order chi connectivity index (χ1) is 20.0. The van der Waals surface area contributed by atoms with Gasteiger partial charge in [0.05, 0.1) is 0 Å². The molecule has 2 atom stereocenters. The first kappa shape index (κ1) is 36.8. The third-order valence-corrected chi connectivity index (χ3v) is 9.47. The lowest BCUT2D eigenvalue weighted by molar-refractivity contribution is -0.142. The third kappa shape index (κ3) is 23.1. The summed E-state index contributed by atoms with van der Waals surface area (Å²) in [6, 6.07) is -0.906. The van der Waals surface area contributed by atoms with Crippen molar-refractivity contribution in [2.45, 2.75) is 115 Å². The van der Waals surface area contributed by atoms with Crippen molar-refractivity contribution < 1.29 is 19.5 Å². The Labute approximate surface area is 256 Å². The van der Waals surface area contributed by atoms with Crippen LogP contribution in [-0.4, -0.2) is 46.5 Å². The number of carboxylic acids is 1. The smallest absolute Gasteiger partial charge is 0.326 e. The lowest BCUT2D eigenvalue weighted by atomic mass is 10.1. The lowest BCUT2D eigenvalue weighted by Gasteiger charge is -2.15. The third-order valence-electron chi connectivity index (χ3n) is 6.46. The number of unbranched alkanes of at least 4 members (excludes halogenated alkanes) is 2. The summed E-state index contributed by atoms with van der Waals surface area (Å²) in [7, 11) is 3.86. The Bertz CT molecular complexity index is 861. The van der Waals surface area contributed by atoms with Crippen molar-refractivity contribution in [3.63, 3.8) is 0 Å². The van der Waals surface area contributed by atoms with Crippen molar-refractivity contribution in [2.24, 2.45) is 0 Å². The molecule has 1 aliphatic rings. The Balaban J connectivity index is 2.01. The largest absolute Gasteiger partial charge is 0.480 e. The van der Waals surface area contributed by atoms with Gasteiger partial charge in [-0.2, -0.15) is 0 Å². The number of carboxylic acid groups (broad SMARTS) is 1. The summed E-state index contributed by atoms with van der Waals surface area (Å²) < 4.78 is 0. The van der Waals surface area contributed by atoms with Crippen molar-refractivity contribution in [1.82, 2.24) is 10.6 Å². The Kier molecular flexibility index (Phi) is 24.0. The number of nitrogens with one attached hydrogen (secondary N) is 2. The molecule has 0 bridgehead atoms. The minimum atomic E-state index is -1.03. The van der Waals surface area contributed by atoms with Gasteiger partial charge in [-0.15, -0.1) is 0 Å². The topological polar surface area (TPSA) is 95.5 Å². The number of hydrogen-bond acceptors (Lipinski definition) is 5. The van der Waals surface area contributed by atoms with Crippen LogP contribution in [0, 0.1) is 0 Å². The molecule has 2 amide bonds. The highest BCUT2D eigenvalue weighted by Gasteiger charge is 2.20. The first-order valence-corrected chi connectivity index (χ1v) is 17.7. The van der Waals surface area contributed by atoms with Gasteiger partial charge in [-0.3, -0.25) is 9.59 Å². The fraction of sp³-hybridized carbons (Fsp3) is 0.606. The number of carbonyl (C=O) groups is 3. The second kappa shape index (κ2) is 26.7. The van der Waals surface area contributed by atoms with Crippen LogP contribution < -0.4 is 10.6 Å². The van der Waals surface area contributed by atoms with E-state index in [1.165, 1.54) is 12.2 Å². The summed E-state index contributed by atoms with van der Waals surface area (Å²) in [5, 5.41) is 15.6. The van der Waals surface area contributed by atoms with Crippen LogP contribution in [-0.2, 0) is 14.4 Å². The van der Waals surface area contributed by atoms with E-state index in [1.54, 1.807) is 0 Å². The molecule has 41 heavy (non-hydrogen) atoms. The van der Waals surface area contributed by atoms with E-state index >= 15 is 0 Å². The van der Waals surface area contributed by atoms with Crippen molar-refractivity contribution in [3.8, 4) is 0 Å². The number of rotatable bonds is 24. The normalized spacial score (nSPS) is 16.6. The molecule has 1 rings (SSSR count). The molecule has 1 heterocycles. The van der Waals surface area contributed by atoms with Gasteiger partial charge in [-0.25, -0.2) is 4.79 Å². The maximum atomic E-state index is 12.2. The van der Waals surface area contributed by atoms with Crippen LogP contribution >= 0.6 is 21.6 Å². The molecule has 0 aromatic heterocycles. The molecule has 0 saturated carbocycles. The molecule has 8 heteroatoms. The van der Waals surface area contributed by atoms with Gasteiger partial charge in [0.2, 0.25) is 11.8 Å². The number of hydrogen-bond donors (Lipinski definition) is 3. The highest BCUT2D eigenvalue weighted by molar-refractivity contribution is 8.77. The van der Waals surface area contributed by atoms with Gasteiger partial charge in [0.15, 0.2) is 0 Å². The molecule has 1 fully saturated rings. The second-order valence-electron chi connectivity index (χ2n) is 10.1. The van der Waals surface area contributed by atoms with Gasteiger partial charge >= 0.3 is 5.97 Å². The predicted molar refractivity (Wildman–Crippen MR) is 177 cm³/mol. The summed E-state index contributed by atoms with van der Waals surface area (Å²) in [4.78, 5) is 35.7. The molecule has 0 spiro atoms. The van der Waals surface area contributed by atoms with Crippen LogP contribution in [0.25, 0.3) is 0 Å². The molecule has 230 valence electrons. The van der Waals surface area contributed by atoms with Crippen LogP contribution in [0.3, 0.4) is 0 Å². The molecule has 1 aliphatic heterocycles. The van der Waals surface area contributed by atoms with E-state index in [2.05, 4.69) is 78.3 Å². The molecule has 0 radical (unpaired) electrons. The highest BCUT2D eigenvalue weighted by atomic mass is 33.1. The predicted octanol–water partition coefficient (Wildman–Crippen LogP) is 8.09. The van der Waals surface area contributed by atoms with E-state index in [1.807, 2.05) is 21.6 Å². The zero-order valence-corrected chi connectivity index (χ0v) is 26.6. The van der Waals surface area contributed by atoms with E-state index in [9.17, 15) is 19.5 Å². The van der Waals surface area contributed by atoms with Crippen LogP contribution in [0.5, 0.6) is 0 Å². The molecule has 0 aromatic carbocycles. The number of allylic oxidation sites excluding steroid dienone is 10. The maximum absolute atomic E-state index is 12.2. The number of amides is 2. The average molecular weight is 605 g/mol. The molecule has 0 aromatic rings. The highest BCUT2D eigenvalue weighted by Crippen LogP contribution is 2.39. The fourth-order valence-corrected chi connectivity index (χ4v) is 7.14. The van der Waals surface area contributed by atoms with E-state index in [0.717, 1.165) is 64.2 Å². The van der Waals surface area contributed by atoms with Gasteiger partial charge in [0, 0.05) is 30.4 Å². The average Bonchev–Trinajstić information content (AvgIpc) is 3.48. The second-order valence-corrected chi connectivity index (χ2v) is 12.9. The molecule has 3 N–H and O–H groups in total. The van der Waals surface area contributed by atoms with Crippen molar-refractivity contribution in [3.05, 3.63) is 60.8 Å². The molecular weight excluding hydrogens is 553 g/mol. The molecule has 1 saturated heterocycles. The Hall–Kier alpha value is -2.19. The molecule has 6 nitrogen and oxygen atoms in total. The summed E-state index contributed by atoms with van der Waals surface area (Å²) in [5.41, 5.74) is 0. The number of carbonyl (C=O) groups excluding carboxylic acids is 2. The summed E-state index contributed by atoms with van der Waals surface area (Å²) in [6.07, 6.45) is 34.0. The Morgan fingerprint density at radius 3 is 2.00 bits per heavy atom. The van der Waals surface area contributed by atoms with Crippen LogP contribution in [0.1, 0.15) is 103 Å². The van der Waals surface area contributed by atoms with Gasteiger partial charge in [0.25, 0.3) is 0 Å². The molecular formula is C33H52N2O4S2. The maximum Gasteiger partial charge on any atom is 0.326 e. The quantitative estimate of drug-likeness (QED) is 0.0586. The van der Waals surface area contributed by atoms with Crippen LogP contribution in [0.2, 0.25) is 0 Å². The van der Waals surface area contributed by atoms with Crippen molar-refractivity contribution in [2.75, 3.05) is 12.3 Å². The van der Waals surface area contributed by atoms with Crippen LogP contribution in [0.15, 0.2) is 60.8 Å². The summed E-state index contributed by atoms with van der Waals surface area (Å²) in [6.45, 7) is 2.56. The zero-order chi connectivity index (χ0) is 29.8. The Morgan fingerprint density at radius 1 is 0.805 bits per heavy atom. The van der Waals surface area contributed by atoms with E-state index < -0.39 is 12.0 Å². The van der Waals surface area contributed by atoms with E-state index in [4.69, 9.17) is 0 Å². The minimum absolute atomic E-state index is 0.0212. The van der Waals surface area contributed by atoms with E-state index in [0.29, 0.717) is 37.5 Å². The van der Waals surface area contributed by atoms with Gasteiger partial charge in [-0.05, 0) is 77.0 Å². The minimum Gasteiger partial charge on any atom is -0.480 e. The van der Waals surface area contributed by atoms with Gasteiger partial charge in [-0.1, -0.05) is 95.7 Å². The standard InChI is InChI=1S/C33H52N2O4S2/c1-2-3-4-5-6-7-8-9-10-11-12-13-14-15-16-17-18-24-31(36)34-27-21-23-30(33(38)39)35-32(37)25-20-19-22-29-26-28-40-41-29/h3-4,6-7,9-10,12-13,15-16,29-30H,2,5,8,11,14,17-28H2,1H3,(H,34,36)(H,35,37)(H,38,39)/b4-3-,7-6-,10-9-,13-12-,16-15-/t29-,30+/m1/s1. The molecule has 0 unspecified atom stereocenters. The number of aliphatic carboxylic acids is 1. The summed E-state index contributed by atoms with van der Waals surface area (Å²) >= 11 is 0. The monoisotopic (exact) mass is 604 g/mol. The van der Waals surface area contributed by atoms with Gasteiger partial charge in [0.1, 0.15) is 6.04 Å². The molecule has 0 aliphatic carbocycles. The first-order valence-electron chi connectivity index (χ1n) is 15.3. The zero-order valence-electron chi connectivity index (χ0n) is 24.9. The Morgan fingerprint density at radius 2 is 1.41 bits per heavy atom. The SMILES string of the molecule is CC/C=C\C/C=C\C/C=C\C/C=C\C/C=C\CCCC(=O)NCCC[C@H](NC(=O)CCCC[C@@H]1CCSS1)C(=O)O. The van der Waals surface area contributed by atoms with Gasteiger partial charge < -0.3 is 15.7 Å². The van der Waals surface area contributed by atoms with E-state index in [-0.39, 0.29) is 11.8 Å². The van der Waals surface area contributed by atoms with Crippen molar-refractivity contribution >= 4 is 39.4 Å². The lowest BCUT2D eigenvalue weighted by Crippen LogP contribution is -2.41. The van der Waals surface area contributed by atoms with Crippen molar-refractivity contribution in [1.29, 1.82) is 0 Å². The van der Waals surface area contributed by atoms with Crippen LogP contribution in [0.4, 0.5) is 0 Å².